The van der Waals surface area contributed by atoms with Gasteiger partial charge in [0.25, 0.3) is 0 Å². The van der Waals surface area contributed by atoms with Crippen LogP contribution in [0.3, 0.4) is 0 Å². The third-order valence-electron chi connectivity index (χ3n) is 6.64. The number of rotatable bonds is 6. The van der Waals surface area contributed by atoms with E-state index in [9.17, 15) is 9.59 Å². The maximum atomic E-state index is 12.5. The molecule has 2 saturated carbocycles. The van der Waals surface area contributed by atoms with Gasteiger partial charge in [0.05, 0.1) is 12.6 Å². The van der Waals surface area contributed by atoms with Crippen molar-refractivity contribution in [2.24, 2.45) is 11.8 Å². The van der Waals surface area contributed by atoms with E-state index in [2.05, 4.69) is 6.07 Å². The summed E-state index contributed by atoms with van der Waals surface area (Å²) < 4.78 is 7.34. The molecule has 1 saturated heterocycles. The molecule has 0 aromatic rings. The molecule has 1 aliphatic heterocycles. The molecule has 0 aromatic heterocycles. The van der Waals surface area contributed by atoms with E-state index in [1.165, 1.54) is 0 Å². The van der Waals surface area contributed by atoms with E-state index in [1.807, 2.05) is 13.8 Å². The predicted molar refractivity (Wildman–Crippen MR) is 105 cm³/mol. The van der Waals surface area contributed by atoms with Crippen LogP contribution < -0.4 is 0 Å². The SMILES string of the molecule is CCN(CC)C(=O)OC1C[C@@H]2CC(N(Cl)CC(=O)N3CCC[C@H]3C#N)C[C@@H]2C1. The van der Waals surface area contributed by atoms with Crippen LogP contribution in [0.2, 0.25) is 0 Å². The number of amides is 2. The average molecular weight is 411 g/mol. The average Bonchev–Trinajstić information content (AvgIpc) is 3.36. The molecular weight excluding hydrogens is 380 g/mol. The van der Waals surface area contributed by atoms with E-state index in [4.69, 9.17) is 21.8 Å². The van der Waals surface area contributed by atoms with Crippen molar-refractivity contribution in [1.29, 1.82) is 5.26 Å². The van der Waals surface area contributed by atoms with Crippen LogP contribution in [0.1, 0.15) is 52.4 Å². The van der Waals surface area contributed by atoms with Gasteiger partial charge in [-0.05, 0) is 76.0 Å². The van der Waals surface area contributed by atoms with Gasteiger partial charge in [0, 0.05) is 25.7 Å². The van der Waals surface area contributed by atoms with Crippen LogP contribution in [-0.4, -0.2) is 70.6 Å². The molecule has 3 fully saturated rings. The summed E-state index contributed by atoms with van der Waals surface area (Å²) in [5.41, 5.74) is 0. The second-order valence-electron chi connectivity index (χ2n) is 8.23. The fourth-order valence-electron chi connectivity index (χ4n) is 5.10. The molecule has 28 heavy (non-hydrogen) atoms. The molecule has 0 aromatic carbocycles. The molecule has 1 heterocycles. The molecule has 0 bridgehead atoms. The number of halogens is 1. The molecule has 8 heteroatoms. The van der Waals surface area contributed by atoms with Gasteiger partial charge in [0.15, 0.2) is 0 Å². The summed E-state index contributed by atoms with van der Waals surface area (Å²) >= 11 is 6.47. The summed E-state index contributed by atoms with van der Waals surface area (Å²) in [4.78, 5) is 28.0. The second-order valence-corrected chi connectivity index (χ2v) is 8.66. The summed E-state index contributed by atoms with van der Waals surface area (Å²) in [5, 5.41) is 9.16. The Labute approximate surface area is 172 Å². The van der Waals surface area contributed by atoms with Crippen LogP contribution >= 0.6 is 11.8 Å². The number of hydrogen-bond donors (Lipinski definition) is 0. The number of carbonyl (C=O) groups excluding carboxylic acids is 2. The van der Waals surface area contributed by atoms with Crippen molar-refractivity contribution >= 4 is 23.8 Å². The highest BCUT2D eigenvalue weighted by Gasteiger charge is 2.45. The van der Waals surface area contributed by atoms with Crippen LogP contribution in [0.4, 0.5) is 4.79 Å². The van der Waals surface area contributed by atoms with Gasteiger partial charge in [-0.15, -0.1) is 0 Å². The molecule has 3 aliphatic rings. The lowest BCUT2D eigenvalue weighted by Crippen LogP contribution is -2.42. The number of nitriles is 1. The van der Waals surface area contributed by atoms with Crippen molar-refractivity contribution in [1.82, 2.24) is 14.2 Å². The van der Waals surface area contributed by atoms with Gasteiger partial charge in [-0.3, -0.25) is 4.79 Å². The van der Waals surface area contributed by atoms with E-state index >= 15 is 0 Å². The Morgan fingerprint density at radius 1 is 1.18 bits per heavy atom. The Hall–Kier alpha value is -1.52. The number of ether oxygens (including phenoxy) is 1. The summed E-state index contributed by atoms with van der Waals surface area (Å²) in [6.45, 7) is 6.04. The zero-order valence-electron chi connectivity index (χ0n) is 16.8. The van der Waals surface area contributed by atoms with Crippen LogP contribution in [0, 0.1) is 23.2 Å². The largest absolute Gasteiger partial charge is 0.446 e. The highest BCUT2D eigenvalue weighted by Crippen LogP contribution is 2.47. The number of fused-ring (bicyclic) bond motifs is 1. The summed E-state index contributed by atoms with van der Waals surface area (Å²) in [7, 11) is 0. The van der Waals surface area contributed by atoms with Gasteiger partial charge in [-0.2, -0.15) is 5.26 Å². The van der Waals surface area contributed by atoms with Gasteiger partial charge in [0.1, 0.15) is 12.1 Å². The minimum Gasteiger partial charge on any atom is -0.446 e. The fourth-order valence-corrected chi connectivity index (χ4v) is 5.36. The van der Waals surface area contributed by atoms with Gasteiger partial charge in [0.2, 0.25) is 5.91 Å². The maximum absolute atomic E-state index is 12.5. The Bertz CT molecular complexity index is 607. The highest BCUT2D eigenvalue weighted by atomic mass is 35.5. The van der Waals surface area contributed by atoms with Crippen molar-refractivity contribution in [3.63, 3.8) is 0 Å². The van der Waals surface area contributed by atoms with Crippen molar-refractivity contribution < 1.29 is 14.3 Å². The van der Waals surface area contributed by atoms with E-state index in [0.717, 1.165) is 38.5 Å². The van der Waals surface area contributed by atoms with Crippen molar-refractivity contribution in [3.05, 3.63) is 0 Å². The zero-order chi connectivity index (χ0) is 20.3. The van der Waals surface area contributed by atoms with Crippen LogP contribution in [0.25, 0.3) is 0 Å². The zero-order valence-corrected chi connectivity index (χ0v) is 17.6. The van der Waals surface area contributed by atoms with Gasteiger partial charge >= 0.3 is 6.09 Å². The molecule has 2 aliphatic carbocycles. The summed E-state index contributed by atoms with van der Waals surface area (Å²) in [6, 6.07) is 2.07. The minimum absolute atomic E-state index is 0.00422. The Morgan fingerprint density at radius 2 is 1.82 bits per heavy atom. The molecule has 2 amide bonds. The molecule has 0 N–H and O–H groups in total. The molecule has 2 unspecified atom stereocenters. The van der Waals surface area contributed by atoms with E-state index < -0.39 is 0 Å². The third kappa shape index (κ3) is 4.55. The predicted octanol–water partition coefficient (Wildman–Crippen LogP) is 2.99. The maximum Gasteiger partial charge on any atom is 0.410 e. The Morgan fingerprint density at radius 3 is 2.39 bits per heavy atom. The van der Waals surface area contributed by atoms with Gasteiger partial charge < -0.3 is 14.5 Å². The van der Waals surface area contributed by atoms with Crippen molar-refractivity contribution in [2.45, 2.75) is 70.6 Å². The van der Waals surface area contributed by atoms with Crippen molar-refractivity contribution in [2.75, 3.05) is 26.2 Å². The lowest BCUT2D eigenvalue weighted by molar-refractivity contribution is -0.131. The summed E-state index contributed by atoms with van der Waals surface area (Å²) in [5.74, 6) is 0.936. The van der Waals surface area contributed by atoms with E-state index in [-0.39, 0.29) is 36.7 Å². The molecule has 0 spiro atoms. The van der Waals surface area contributed by atoms with Crippen molar-refractivity contribution in [3.8, 4) is 6.07 Å². The minimum atomic E-state index is -0.304. The number of likely N-dealkylation sites (tertiary alicyclic amines) is 1. The number of nitrogens with zero attached hydrogens (tertiary/aromatic N) is 4. The molecule has 7 nitrogen and oxygen atoms in total. The quantitative estimate of drug-likeness (QED) is 0.629. The molecular formula is C20H31ClN4O3. The van der Waals surface area contributed by atoms with E-state index in [0.29, 0.717) is 31.5 Å². The lowest BCUT2D eigenvalue weighted by Gasteiger charge is -2.26. The first kappa shape index (κ1) is 21.2. The standard InChI is InChI=1S/C20H31ClN4O3/c1-3-23(4-2)20(27)28-18-10-14-8-17(9-15(14)11-18)25(21)13-19(26)24-7-5-6-16(24)12-22/h14-18H,3-11,13H2,1-2H3/t14-,15+,16-,17?,18?/m0/s1. The normalized spacial score (nSPS) is 31.7. The van der Waals surface area contributed by atoms with Crippen LogP contribution in [0.5, 0.6) is 0 Å². The smallest absolute Gasteiger partial charge is 0.410 e. The van der Waals surface area contributed by atoms with Gasteiger partial charge in [-0.1, -0.05) is 0 Å². The van der Waals surface area contributed by atoms with Crippen LogP contribution in [-0.2, 0) is 9.53 Å². The first-order valence-electron chi connectivity index (χ1n) is 10.5. The molecule has 156 valence electrons. The highest BCUT2D eigenvalue weighted by molar-refractivity contribution is 6.14. The molecule has 0 radical (unpaired) electrons. The Balaban J connectivity index is 1.45. The monoisotopic (exact) mass is 410 g/mol. The third-order valence-corrected chi connectivity index (χ3v) is 7.04. The number of hydrogen-bond acceptors (Lipinski definition) is 5. The molecule has 3 rings (SSSR count). The van der Waals surface area contributed by atoms with Gasteiger partial charge in [-0.25, -0.2) is 9.21 Å². The fraction of sp³-hybridized carbons (Fsp3) is 0.850. The van der Waals surface area contributed by atoms with Crippen LogP contribution in [0.15, 0.2) is 0 Å². The number of carbonyl (C=O) groups is 2. The Kier molecular flexibility index (Phi) is 7.05. The summed E-state index contributed by atoms with van der Waals surface area (Å²) in [6.07, 6.45) is 5.05. The molecule has 5 atom stereocenters. The first-order valence-corrected chi connectivity index (χ1v) is 10.9. The topological polar surface area (TPSA) is 76.9 Å². The first-order chi connectivity index (χ1) is 13.5. The van der Waals surface area contributed by atoms with E-state index in [1.54, 1.807) is 14.2 Å². The second kappa shape index (κ2) is 9.32. The lowest BCUT2D eigenvalue weighted by atomic mass is 10.0.